The summed E-state index contributed by atoms with van der Waals surface area (Å²) in [6, 6.07) is 17.5. The van der Waals surface area contributed by atoms with Gasteiger partial charge in [0.15, 0.2) is 17.3 Å². The highest BCUT2D eigenvalue weighted by Gasteiger charge is 2.28. The number of para-hydroxylation sites is 1. The van der Waals surface area contributed by atoms with E-state index in [1.807, 2.05) is 30.5 Å². The number of fused-ring (bicyclic) bond motifs is 2. The van der Waals surface area contributed by atoms with Gasteiger partial charge >= 0.3 is 5.97 Å². The first-order valence-electron chi connectivity index (χ1n) is 11.1. The van der Waals surface area contributed by atoms with E-state index in [2.05, 4.69) is 11.5 Å². The lowest BCUT2D eigenvalue weighted by atomic mass is 10.1. The minimum absolute atomic E-state index is 0.217. The van der Waals surface area contributed by atoms with Crippen LogP contribution < -0.4 is 18.9 Å². The number of carbonyl (C=O) groups excluding carboxylic acids is 2. The molecule has 0 N–H and O–H groups in total. The summed E-state index contributed by atoms with van der Waals surface area (Å²) < 4.78 is 24.0. The largest absolute Gasteiger partial charge is 0.493 e. The van der Waals surface area contributed by atoms with Crippen LogP contribution in [0.2, 0.25) is 0 Å². The summed E-state index contributed by atoms with van der Waals surface area (Å²) in [5, 5.41) is 1.04. The molecule has 0 saturated carbocycles. The smallest absolute Gasteiger partial charge is 0.343 e. The van der Waals surface area contributed by atoms with Crippen molar-refractivity contribution in [3.05, 3.63) is 89.3 Å². The molecule has 176 valence electrons. The van der Waals surface area contributed by atoms with Crippen LogP contribution in [0.25, 0.3) is 17.0 Å². The van der Waals surface area contributed by atoms with Crippen LogP contribution in [-0.2, 0) is 6.54 Å². The Morgan fingerprint density at radius 3 is 2.57 bits per heavy atom. The number of benzene rings is 3. The molecule has 0 amide bonds. The van der Waals surface area contributed by atoms with Crippen molar-refractivity contribution in [2.45, 2.75) is 13.5 Å². The fourth-order valence-electron chi connectivity index (χ4n) is 4.15. The molecular weight excluding hydrogens is 446 g/mol. The number of carbonyl (C=O) groups is 2. The Hall–Kier alpha value is -4.52. The highest BCUT2D eigenvalue weighted by Crippen LogP contribution is 2.36. The molecule has 1 aromatic heterocycles. The number of methoxy groups -OCH3 is 2. The first-order chi connectivity index (χ1) is 17.0. The van der Waals surface area contributed by atoms with Crippen LogP contribution in [0.5, 0.6) is 23.0 Å². The van der Waals surface area contributed by atoms with E-state index in [1.165, 1.54) is 14.2 Å². The normalized spacial score (nSPS) is 13.6. The van der Waals surface area contributed by atoms with Crippen LogP contribution in [0, 0.1) is 0 Å². The Bertz CT molecular complexity index is 1500. The molecule has 4 aromatic rings. The third-order valence-electron chi connectivity index (χ3n) is 5.92. The topological polar surface area (TPSA) is 76.0 Å². The molecule has 0 fully saturated rings. The lowest BCUT2D eigenvalue weighted by Crippen LogP contribution is -2.09. The van der Waals surface area contributed by atoms with E-state index < -0.39 is 5.97 Å². The number of hydrogen-bond donors (Lipinski definition) is 0. The van der Waals surface area contributed by atoms with E-state index in [0.717, 1.165) is 23.0 Å². The van der Waals surface area contributed by atoms with Crippen molar-refractivity contribution >= 4 is 28.7 Å². The number of nitrogens with zero attached hydrogens (tertiary/aromatic N) is 1. The van der Waals surface area contributed by atoms with Gasteiger partial charge in [0.1, 0.15) is 11.5 Å². The molecular formula is C28H23NO6. The molecule has 1 aliphatic heterocycles. The van der Waals surface area contributed by atoms with Gasteiger partial charge in [0.05, 0.1) is 25.3 Å². The minimum Gasteiger partial charge on any atom is -0.493 e. The predicted octanol–water partition coefficient (Wildman–Crippen LogP) is 5.51. The number of esters is 1. The molecule has 7 nitrogen and oxygen atoms in total. The van der Waals surface area contributed by atoms with Gasteiger partial charge < -0.3 is 23.5 Å². The highest BCUT2D eigenvalue weighted by atomic mass is 16.5. The third kappa shape index (κ3) is 4.01. The SMILES string of the molecule is CCn1cc(/C=C2/Oc3cc(OC(=O)c4ccc(OC)c(OC)c4)ccc3C2=O)c2ccccc21. The minimum atomic E-state index is -0.571. The van der Waals surface area contributed by atoms with Gasteiger partial charge in [-0.15, -0.1) is 0 Å². The van der Waals surface area contributed by atoms with Crippen LogP contribution in [-0.4, -0.2) is 30.5 Å². The lowest BCUT2D eigenvalue weighted by Gasteiger charge is -2.10. The molecule has 0 atom stereocenters. The van der Waals surface area contributed by atoms with Gasteiger partial charge in [-0.25, -0.2) is 4.79 Å². The van der Waals surface area contributed by atoms with Crippen molar-refractivity contribution in [3.8, 4) is 23.0 Å². The zero-order valence-electron chi connectivity index (χ0n) is 19.5. The van der Waals surface area contributed by atoms with E-state index in [0.29, 0.717) is 28.4 Å². The maximum atomic E-state index is 13.0. The molecule has 35 heavy (non-hydrogen) atoms. The third-order valence-corrected chi connectivity index (χ3v) is 5.92. The fourth-order valence-corrected chi connectivity index (χ4v) is 4.15. The number of ether oxygens (including phenoxy) is 4. The summed E-state index contributed by atoms with van der Waals surface area (Å²) in [7, 11) is 3.01. The van der Waals surface area contributed by atoms with Crippen LogP contribution in [0.4, 0.5) is 0 Å². The van der Waals surface area contributed by atoms with Gasteiger partial charge in [-0.05, 0) is 49.4 Å². The number of ketones is 1. The number of hydrogen-bond acceptors (Lipinski definition) is 6. The van der Waals surface area contributed by atoms with E-state index in [4.69, 9.17) is 18.9 Å². The average Bonchev–Trinajstić information content (AvgIpc) is 3.40. The zero-order valence-corrected chi connectivity index (χ0v) is 19.5. The lowest BCUT2D eigenvalue weighted by molar-refractivity contribution is 0.0734. The van der Waals surface area contributed by atoms with Gasteiger partial charge in [-0.2, -0.15) is 0 Å². The molecule has 0 bridgehead atoms. The second-order valence-corrected chi connectivity index (χ2v) is 7.94. The van der Waals surface area contributed by atoms with Crippen molar-refractivity contribution in [1.82, 2.24) is 4.57 Å². The molecule has 1 aliphatic rings. The van der Waals surface area contributed by atoms with E-state index in [1.54, 1.807) is 42.5 Å². The quantitative estimate of drug-likeness (QED) is 0.210. The van der Waals surface area contributed by atoms with Crippen molar-refractivity contribution in [2.75, 3.05) is 14.2 Å². The molecule has 0 aliphatic carbocycles. The molecule has 7 heteroatoms. The van der Waals surface area contributed by atoms with Crippen LogP contribution >= 0.6 is 0 Å². The van der Waals surface area contributed by atoms with Gasteiger partial charge in [-0.3, -0.25) is 4.79 Å². The first-order valence-corrected chi connectivity index (χ1v) is 11.1. The van der Waals surface area contributed by atoms with Crippen LogP contribution in [0.15, 0.2) is 72.6 Å². The summed E-state index contributed by atoms with van der Waals surface area (Å²) in [6.07, 6.45) is 3.76. The maximum absolute atomic E-state index is 13.0. The van der Waals surface area contributed by atoms with Crippen LogP contribution in [0.1, 0.15) is 33.2 Å². The van der Waals surface area contributed by atoms with Gasteiger partial charge in [0.25, 0.3) is 0 Å². The van der Waals surface area contributed by atoms with Crippen LogP contribution in [0.3, 0.4) is 0 Å². The second kappa shape index (κ2) is 9.02. The maximum Gasteiger partial charge on any atom is 0.343 e. The van der Waals surface area contributed by atoms with Gasteiger partial charge in [0, 0.05) is 35.3 Å². The number of Topliss-reactive ketones (excluding diaryl/α,β-unsaturated/α-hetero) is 1. The summed E-state index contributed by atoms with van der Waals surface area (Å²) in [6.45, 7) is 2.88. The summed E-state index contributed by atoms with van der Waals surface area (Å²) in [5.41, 5.74) is 2.71. The predicted molar refractivity (Wildman–Crippen MR) is 131 cm³/mol. The Kier molecular flexibility index (Phi) is 5.74. The molecule has 0 spiro atoms. The van der Waals surface area contributed by atoms with Crippen molar-refractivity contribution in [2.24, 2.45) is 0 Å². The monoisotopic (exact) mass is 469 g/mol. The number of aryl methyl sites for hydroxylation is 1. The van der Waals surface area contributed by atoms with Crippen molar-refractivity contribution in [3.63, 3.8) is 0 Å². The Morgan fingerprint density at radius 1 is 1.00 bits per heavy atom. The molecule has 0 radical (unpaired) electrons. The molecule has 0 saturated heterocycles. The van der Waals surface area contributed by atoms with E-state index in [-0.39, 0.29) is 17.3 Å². The standard InChI is InChI=1S/C28H23NO6/c1-4-29-16-18(20-7-5-6-8-22(20)29)14-26-27(30)21-11-10-19(15-24(21)35-26)34-28(31)17-9-12-23(32-2)25(13-17)33-3/h5-16H,4H2,1-3H3/b26-14+. The molecule has 5 rings (SSSR count). The van der Waals surface area contributed by atoms with Gasteiger partial charge in [-0.1, -0.05) is 18.2 Å². The average molecular weight is 469 g/mol. The summed E-state index contributed by atoms with van der Waals surface area (Å²) >= 11 is 0. The number of aromatic nitrogens is 1. The number of allylic oxidation sites excluding steroid dienone is 1. The molecule has 3 aromatic carbocycles. The summed E-state index contributed by atoms with van der Waals surface area (Å²) in [4.78, 5) is 25.6. The fraction of sp³-hybridized carbons (Fsp3) is 0.143. The summed E-state index contributed by atoms with van der Waals surface area (Å²) in [5.74, 6) is 0.976. The first kappa shape index (κ1) is 22.3. The van der Waals surface area contributed by atoms with Crippen molar-refractivity contribution < 1.29 is 28.5 Å². The van der Waals surface area contributed by atoms with E-state index in [9.17, 15) is 9.59 Å². The highest BCUT2D eigenvalue weighted by molar-refractivity contribution is 6.15. The second-order valence-electron chi connectivity index (χ2n) is 7.94. The zero-order chi connectivity index (χ0) is 24.5. The van der Waals surface area contributed by atoms with Gasteiger partial charge in [0.2, 0.25) is 5.78 Å². The van der Waals surface area contributed by atoms with Crippen molar-refractivity contribution in [1.29, 1.82) is 0 Å². The Labute approximate surface area is 202 Å². The van der Waals surface area contributed by atoms with E-state index >= 15 is 0 Å². The molecule has 2 heterocycles. The number of rotatable bonds is 6. The Balaban J connectivity index is 1.39. The Morgan fingerprint density at radius 2 is 1.80 bits per heavy atom. The molecule has 0 unspecified atom stereocenters.